The molecule has 0 spiro atoms. The fourth-order valence-corrected chi connectivity index (χ4v) is 2.26. The lowest BCUT2D eigenvalue weighted by molar-refractivity contribution is 0.0693. The lowest BCUT2D eigenvalue weighted by atomic mass is 10.2. The van der Waals surface area contributed by atoms with Crippen LogP contribution in [0.15, 0.2) is 23.1 Å². The van der Waals surface area contributed by atoms with Crippen LogP contribution in [0, 0.1) is 5.92 Å². The summed E-state index contributed by atoms with van der Waals surface area (Å²) in [6.07, 6.45) is 0. The second-order valence-electron chi connectivity index (χ2n) is 3.63. The molecule has 0 heterocycles. The summed E-state index contributed by atoms with van der Waals surface area (Å²) in [5.74, 6) is -0.219. The first kappa shape index (κ1) is 12.9. The van der Waals surface area contributed by atoms with E-state index in [4.69, 9.17) is 15.9 Å². The molecule has 0 aromatic heterocycles. The van der Waals surface area contributed by atoms with Crippen molar-refractivity contribution in [3.05, 3.63) is 23.8 Å². The van der Waals surface area contributed by atoms with Gasteiger partial charge in [0.25, 0.3) is 0 Å². The van der Waals surface area contributed by atoms with Gasteiger partial charge >= 0.3 is 5.97 Å². The smallest absolute Gasteiger partial charge is 0.336 e. The Morgan fingerprint density at radius 3 is 2.81 bits per heavy atom. The lowest BCUT2D eigenvalue weighted by Gasteiger charge is -2.11. The number of thioether (sulfide) groups is 1. The Bertz CT molecular complexity index is 381. The average Bonchev–Trinajstić information content (AvgIpc) is 2.26. The maximum absolute atomic E-state index is 11.0. The molecule has 0 aliphatic rings. The van der Waals surface area contributed by atoms with Gasteiger partial charge in [-0.1, -0.05) is 13.0 Å². The number of carbonyl (C=O) groups is 1. The molecule has 1 aromatic carbocycles. The molecular weight excluding hydrogens is 226 g/mol. The molecule has 1 aromatic rings. The van der Waals surface area contributed by atoms with Crippen LogP contribution in [-0.2, 0) is 0 Å². The van der Waals surface area contributed by atoms with Gasteiger partial charge in [-0.15, -0.1) is 11.8 Å². The maximum atomic E-state index is 11.0. The number of aliphatic hydroxyl groups is 1. The van der Waals surface area contributed by atoms with Crippen LogP contribution in [0.1, 0.15) is 17.3 Å². The first-order valence-corrected chi connectivity index (χ1v) is 5.90. The molecule has 0 fully saturated rings. The zero-order valence-electron chi connectivity index (χ0n) is 9.01. The van der Waals surface area contributed by atoms with Crippen molar-refractivity contribution in [1.82, 2.24) is 0 Å². The van der Waals surface area contributed by atoms with Crippen molar-refractivity contribution in [3.63, 3.8) is 0 Å². The Balaban J connectivity index is 2.88. The van der Waals surface area contributed by atoms with Crippen molar-refractivity contribution in [2.45, 2.75) is 11.8 Å². The van der Waals surface area contributed by atoms with Crippen molar-refractivity contribution in [2.24, 2.45) is 5.92 Å². The largest absolute Gasteiger partial charge is 0.478 e. The number of carboxylic acids is 1. The van der Waals surface area contributed by atoms with Crippen molar-refractivity contribution < 1.29 is 15.0 Å². The van der Waals surface area contributed by atoms with Gasteiger partial charge in [0.2, 0.25) is 0 Å². The Labute approximate surface area is 98.5 Å². The van der Waals surface area contributed by atoms with Gasteiger partial charge in [0, 0.05) is 22.9 Å². The van der Waals surface area contributed by atoms with Crippen LogP contribution in [0.2, 0.25) is 0 Å². The normalized spacial score (nSPS) is 12.4. The number of aliphatic hydroxyl groups excluding tert-OH is 1. The molecule has 0 saturated heterocycles. The van der Waals surface area contributed by atoms with Crippen molar-refractivity contribution in [1.29, 1.82) is 0 Å². The molecule has 88 valence electrons. The van der Waals surface area contributed by atoms with Crippen LogP contribution < -0.4 is 5.73 Å². The van der Waals surface area contributed by atoms with Crippen LogP contribution in [0.3, 0.4) is 0 Å². The van der Waals surface area contributed by atoms with Gasteiger partial charge in [-0.05, 0) is 18.1 Å². The molecule has 1 atom stereocenters. The Kier molecular flexibility index (Phi) is 4.64. The highest BCUT2D eigenvalue weighted by Gasteiger charge is 2.13. The van der Waals surface area contributed by atoms with Gasteiger partial charge in [0.05, 0.1) is 5.56 Å². The molecule has 5 heteroatoms. The first-order chi connectivity index (χ1) is 7.56. The quantitative estimate of drug-likeness (QED) is 0.539. The minimum atomic E-state index is -0.980. The van der Waals surface area contributed by atoms with E-state index in [1.807, 2.05) is 6.92 Å². The summed E-state index contributed by atoms with van der Waals surface area (Å²) in [4.78, 5) is 11.5. The minimum absolute atomic E-state index is 0.0855. The first-order valence-electron chi connectivity index (χ1n) is 4.91. The van der Waals surface area contributed by atoms with E-state index in [0.717, 1.165) is 0 Å². The van der Waals surface area contributed by atoms with Gasteiger partial charge in [-0.2, -0.15) is 0 Å². The van der Waals surface area contributed by atoms with Gasteiger partial charge in [0.15, 0.2) is 0 Å². The molecule has 0 aliphatic carbocycles. The van der Waals surface area contributed by atoms with Gasteiger partial charge in [-0.25, -0.2) is 4.79 Å². The second-order valence-corrected chi connectivity index (χ2v) is 4.66. The third-order valence-corrected chi connectivity index (χ3v) is 3.58. The van der Waals surface area contributed by atoms with E-state index in [2.05, 4.69) is 0 Å². The van der Waals surface area contributed by atoms with E-state index in [9.17, 15) is 4.79 Å². The van der Waals surface area contributed by atoms with E-state index < -0.39 is 5.97 Å². The highest BCUT2D eigenvalue weighted by atomic mass is 32.2. The van der Waals surface area contributed by atoms with Crippen LogP contribution in [0.5, 0.6) is 0 Å². The van der Waals surface area contributed by atoms with E-state index in [0.29, 0.717) is 16.3 Å². The summed E-state index contributed by atoms with van der Waals surface area (Å²) in [6, 6.07) is 4.83. The number of nitrogens with two attached hydrogens (primary N) is 1. The highest BCUT2D eigenvalue weighted by Crippen LogP contribution is 2.30. The van der Waals surface area contributed by atoms with Gasteiger partial charge in [-0.3, -0.25) is 0 Å². The SMILES string of the molecule is CC(CO)CSc1c(N)cccc1C(=O)O. The average molecular weight is 241 g/mol. The number of nitrogen functional groups attached to an aromatic ring is 1. The molecule has 0 aliphatic heterocycles. The number of anilines is 1. The number of hydrogen-bond acceptors (Lipinski definition) is 4. The Morgan fingerprint density at radius 2 is 2.25 bits per heavy atom. The molecule has 1 rings (SSSR count). The predicted molar refractivity (Wildman–Crippen MR) is 64.8 cm³/mol. The molecule has 4 N–H and O–H groups in total. The predicted octanol–water partition coefficient (Wildman–Crippen LogP) is 1.69. The number of hydrogen-bond donors (Lipinski definition) is 3. The summed E-state index contributed by atoms with van der Waals surface area (Å²) in [5.41, 5.74) is 6.43. The van der Waals surface area contributed by atoms with E-state index >= 15 is 0 Å². The zero-order chi connectivity index (χ0) is 12.1. The molecule has 0 amide bonds. The van der Waals surface area contributed by atoms with Crippen molar-refractivity contribution in [2.75, 3.05) is 18.1 Å². The number of rotatable bonds is 5. The maximum Gasteiger partial charge on any atom is 0.336 e. The minimum Gasteiger partial charge on any atom is -0.478 e. The van der Waals surface area contributed by atoms with Crippen LogP contribution in [-0.4, -0.2) is 28.5 Å². The van der Waals surface area contributed by atoms with E-state index in [1.54, 1.807) is 12.1 Å². The topological polar surface area (TPSA) is 83.5 Å². The monoisotopic (exact) mass is 241 g/mol. The summed E-state index contributed by atoms with van der Waals surface area (Å²) in [5, 5.41) is 17.9. The van der Waals surface area contributed by atoms with Crippen molar-refractivity contribution >= 4 is 23.4 Å². The van der Waals surface area contributed by atoms with E-state index in [-0.39, 0.29) is 18.1 Å². The molecule has 4 nitrogen and oxygen atoms in total. The van der Waals surface area contributed by atoms with Crippen LogP contribution in [0.25, 0.3) is 0 Å². The lowest BCUT2D eigenvalue weighted by Crippen LogP contribution is -2.06. The molecule has 16 heavy (non-hydrogen) atoms. The molecular formula is C11H15NO3S. The third-order valence-electron chi connectivity index (χ3n) is 2.10. The number of benzene rings is 1. The van der Waals surface area contributed by atoms with Gasteiger partial charge in [0.1, 0.15) is 0 Å². The fraction of sp³-hybridized carbons (Fsp3) is 0.364. The molecule has 1 unspecified atom stereocenters. The number of aromatic carboxylic acids is 1. The second kappa shape index (κ2) is 5.77. The van der Waals surface area contributed by atoms with Crippen LogP contribution in [0.4, 0.5) is 5.69 Å². The summed E-state index contributed by atoms with van der Waals surface area (Å²) in [6.45, 7) is 1.98. The van der Waals surface area contributed by atoms with Gasteiger partial charge < -0.3 is 15.9 Å². The van der Waals surface area contributed by atoms with Crippen molar-refractivity contribution in [3.8, 4) is 0 Å². The summed E-state index contributed by atoms with van der Waals surface area (Å²) in [7, 11) is 0. The number of carboxylic acid groups (broad SMARTS) is 1. The standard InChI is InChI=1S/C11H15NO3S/c1-7(5-13)6-16-10-8(11(14)15)3-2-4-9(10)12/h2-4,7,13H,5-6,12H2,1H3,(H,14,15). The molecule has 0 saturated carbocycles. The Hall–Kier alpha value is -1.20. The zero-order valence-corrected chi connectivity index (χ0v) is 9.83. The molecule has 0 radical (unpaired) electrons. The molecule has 0 bridgehead atoms. The Morgan fingerprint density at radius 1 is 1.56 bits per heavy atom. The third kappa shape index (κ3) is 3.15. The van der Waals surface area contributed by atoms with Crippen LogP contribution >= 0.6 is 11.8 Å². The van der Waals surface area contributed by atoms with E-state index in [1.165, 1.54) is 17.8 Å². The highest BCUT2D eigenvalue weighted by molar-refractivity contribution is 7.99. The summed E-state index contributed by atoms with van der Waals surface area (Å²) >= 11 is 1.37. The fourth-order valence-electron chi connectivity index (χ4n) is 1.16. The summed E-state index contributed by atoms with van der Waals surface area (Å²) < 4.78 is 0.